The summed E-state index contributed by atoms with van der Waals surface area (Å²) in [4.78, 5) is 11.6. The Balaban J connectivity index is 2.29. The smallest absolute Gasteiger partial charge is 0.226 e. The Kier molecular flexibility index (Phi) is 5.89. The number of benzene rings is 1. The van der Waals surface area contributed by atoms with Crippen LogP contribution in [-0.2, 0) is 9.53 Å². The summed E-state index contributed by atoms with van der Waals surface area (Å²) >= 11 is 0. The third-order valence-corrected chi connectivity index (χ3v) is 2.22. The minimum Gasteiger partial charge on any atom is -0.381 e. The van der Waals surface area contributed by atoms with Crippen LogP contribution in [0.5, 0.6) is 0 Å². The normalized spacial score (nSPS) is 10.1. The Bertz CT molecular complexity index is 418. The first kappa shape index (κ1) is 14.2. The zero-order valence-electron chi connectivity index (χ0n) is 10.8. The molecule has 1 aromatic carbocycles. The molecule has 0 heterocycles. The largest absolute Gasteiger partial charge is 0.381 e. The number of hydrogen-bond acceptors (Lipinski definition) is 3. The molecule has 0 saturated carbocycles. The van der Waals surface area contributed by atoms with Gasteiger partial charge in [-0.25, -0.2) is 0 Å². The lowest BCUT2D eigenvalue weighted by atomic mass is 10.2. The van der Waals surface area contributed by atoms with Crippen LogP contribution in [0, 0.1) is 17.2 Å². The fourth-order valence-electron chi connectivity index (χ4n) is 1.34. The predicted molar refractivity (Wildman–Crippen MR) is 70.1 cm³/mol. The van der Waals surface area contributed by atoms with Crippen LogP contribution < -0.4 is 5.32 Å². The molecule has 0 aromatic heterocycles. The van der Waals surface area contributed by atoms with Gasteiger partial charge in [0.2, 0.25) is 5.91 Å². The summed E-state index contributed by atoms with van der Waals surface area (Å²) in [5.74, 6) is 0.398. The number of carbonyl (C=O) groups is 1. The monoisotopic (exact) mass is 246 g/mol. The lowest BCUT2D eigenvalue weighted by Gasteiger charge is -2.07. The van der Waals surface area contributed by atoms with Gasteiger partial charge >= 0.3 is 0 Å². The first-order chi connectivity index (χ1) is 8.61. The summed E-state index contributed by atoms with van der Waals surface area (Å²) in [5.41, 5.74) is 1.27. The molecule has 0 aliphatic heterocycles. The van der Waals surface area contributed by atoms with Crippen molar-refractivity contribution in [1.29, 1.82) is 5.26 Å². The highest BCUT2D eigenvalue weighted by Gasteiger charge is 2.03. The Hall–Kier alpha value is -1.86. The van der Waals surface area contributed by atoms with Gasteiger partial charge in [-0.1, -0.05) is 13.8 Å². The molecule has 0 radical (unpaired) electrons. The molecule has 18 heavy (non-hydrogen) atoms. The van der Waals surface area contributed by atoms with Gasteiger partial charge in [-0.3, -0.25) is 4.79 Å². The first-order valence-electron chi connectivity index (χ1n) is 5.99. The highest BCUT2D eigenvalue weighted by Crippen LogP contribution is 2.09. The molecule has 1 amide bonds. The molecule has 1 N–H and O–H groups in total. The summed E-state index contributed by atoms with van der Waals surface area (Å²) in [6.45, 7) is 5.23. The van der Waals surface area contributed by atoms with Crippen LogP contribution in [0.3, 0.4) is 0 Å². The molecule has 1 aromatic rings. The van der Waals surface area contributed by atoms with E-state index in [1.807, 2.05) is 6.07 Å². The summed E-state index contributed by atoms with van der Waals surface area (Å²) in [5, 5.41) is 11.4. The number of ether oxygens (including phenoxy) is 1. The van der Waals surface area contributed by atoms with Gasteiger partial charge in [-0.2, -0.15) is 5.26 Å². The number of nitriles is 1. The lowest BCUT2D eigenvalue weighted by molar-refractivity contribution is -0.117. The van der Waals surface area contributed by atoms with Crippen molar-refractivity contribution in [3.8, 4) is 6.07 Å². The standard InChI is InChI=1S/C14H18N2O2/c1-11(2)10-18-8-7-14(17)16-13-5-3-12(9-15)4-6-13/h3-6,11H,7-8,10H2,1-2H3,(H,16,17). The second-order valence-corrected chi connectivity index (χ2v) is 4.46. The van der Waals surface area contributed by atoms with Crippen LogP contribution in [0.1, 0.15) is 25.8 Å². The number of amides is 1. The molecule has 96 valence electrons. The van der Waals surface area contributed by atoms with E-state index in [0.29, 0.717) is 36.8 Å². The molecule has 0 unspecified atom stereocenters. The quantitative estimate of drug-likeness (QED) is 0.785. The van der Waals surface area contributed by atoms with E-state index in [1.165, 1.54) is 0 Å². The maximum atomic E-state index is 11.6. The summed E-state index contributed by atoms with van der Waals surface area (Å²) < 4.78 is 5.34. The number of hydrogen-bond donors (Lipinski definition) is 1. The molecule has 0 aliphatic carbocycles. The van der Waals surface area contributed by atoms with Gasteiger partial charge in [0.05, 0.1) is 24.7 Å². The predicted octanol–water partition coefficient (Wildman–Crippen LogP) is 2.56. The lowest BCUT2D eigenvalue weighted by Crippen LogP contribution is -2.15. The van der Waals surface area contributed by atoms with Crippen molar-refractivity contribution in [3.05, 3.63) is 29.8 Å². The fourth-order valence-corrected chi connectivity index (χ4v) is 1.34. The van der Waals surface area contributed by atoms with Crippen LogP contribution in [0.15, 0.2) is 24.3 Å². The van der Waals surface area contributed by atoms with Gasteiger partial charge < -0.3 is 10.1 Å². The molecule has 1 rings (SSSR count). The minimum absolute atomic E-state index is 0.0801. The molecule has 0 saturated heterocycles. The number of nitrogens with zero attached hydrogens (tertiary/aromatic N) is 1. The van der Waals surface area contributed by atoms with Crippen molar-refractivity contribution in [2.45, 2.75) is 20.3 Å². The van der Waals surface area contributed by atoms with Crippen molar-refractivity contribution < 1.29 is 9.53 Å². The molecule has 4 nitrogen and oxygen atoms in total. The van der Waals surface area contributed by atoms with Gasteiger partial charge in [-0.05, 0) is 30.2 Å². The Labute approximate surface area is 108 Å². The summed E-state index contributed by atoms with van der Waals surface area (Å²) in [7, 11) is 0. The van der Waals surface area contributed by atoms with Crippen LogP contribution in [0.2, 0.25) is 0 Å². The van der Waals surface area contributed by atoms with Crippen molar-refractivity contribution in [2.24, 2.45) is 5.92 Å². The number of carbonyl (C=O) groups excluding carboxylic acids is 1. The molecular weight excluding hydrogens is 228 g/mol. The van der Waals surface area contributed by atoms with Gasteiger partial charge in [-0.15, -0.1) is 0 Å². The molecule has 0 spiro atoms. The van der Waals surface area contributed by atoms with Crippen LogP contribution >= 0.6 is 0 Å². The molecule has 0 bridgehead atoms. The number of nitrogens with one attached hydrogen (secondary N) is 1. The number of rotatable bonds is 6. The Morgan fingerprint density at radius 2 is 2.06 bits per heavy atom. The second kappa shape index (κ2) is 7.46. The van der Waals surface area contributed by atoms with Crippen LogP contribution in [-0.4, -0.2) is 19.1 Å². The van der Waals surface area contributed by atoms with E-state index in [0.717, 1.165) is 0 Å². The van der Waals surface area contributed by atoms with Crippen LogP contribution in [0.25, 0.3) is 0 Å². The average Bonchev–Trinajstić information content (AvgIpc) is 2.35. The molecule has 0 aliphatic rings. The van der Waals surface area contributed by atoms with E-state index in [9.17, 15) is 4.79 Å². The minimum atomic E-state index is -0.0801. The van der Waals surface area contributed by atoms with Gasteiger partial charge in [0.15, 0.2) is 0 Å². The van der Waals surface area contributed by atoms with Crippen molar-refractivity contribution in [1.82, 2.24) is 0 Å². The Morgan fingerprint density at radius 1 is 1.39 bits per heavy atom. The van der Waals surface area contributed by atoms with E-state index in [4.69, 9.17) is 10.00 Å². The topological polar surface area (TPSA) is 62.1 Å². The number of anilines is 1. The zero-order valence-corrected chi connectivity index (χ0v) is 10.8. The maximum Gasteiger partial charge on any atom is 0.226 e. The van der Waals surface area contributed by atoms with Crippen molar-refractivity contribution >= 4 is 11.6 Å². The van der Waals surface area contributed by atoms with Gasteiger partial charge in [0.25, 0.3) is 0 Å². The van der Waals surface area contributed by atoms with E-state index in [-0.39, 0.29) is 5.91 Å². The van der Waals surface area contributed by atoms with E-state index in [2.05, 4.69) is 19.2 Å². The van der Waals surface area contributed by atoms with Crippen molar-refractivity contribution in [2.75, 3.05) is 18.5 Å². The van der Waals surface area contributed by atoms with E-state index < -0.39 is 0 Å². The fraction of sp³-hybridized carbons (Fsp3) is 0.429. The zero-order chi connectivity index (χ0) is 13.4. The van der Waals surface area contributed by atoms with Gasteiger partial charge in [0.1, 0.15) is 0 Å². The SMILES string of the molecule is CC(C)COCCC(=O)Nc1ccc(C#N)cc1. The highest BCUT2D eigenvalue weighted by atomic mass is 16.5. The average molecular weight is 246 g/mol. The van der Waals surface area contributed by atoms with E-state index >= 15 is 0 Å². The van der Waals surface area contributed by atoms with E-state index in [1.54, 1.807) is 24.3 Å². The maximum absolute atomic E-state index is 11.6. The third kappa shape index (κ3) is 5.46. The van der Waals surface area contributed by atoms with Crippen molar-refractivity contribution in [3.63, 3.8) is 0 Å². The first-order valence-corrected chi connectivity index (χ1v) is 5.99. The molecule has 4 heteroatoms. The third-order valence-electron chi connectivity index (χ3n) is 2.22. The van der Waals surface area contributed by atoms with Gasteiger partial charge in [0, 0.05) is 12.3 Å². The molecular formula is C14H18N2O2. The molecule has 0 atom stereocenters. The molecule has 0 fully saturated rings. The Morgan fingerprint density at radius 3 is 2.61 bits per heavy atom. The highest BCUT2D eigenvalue weighted by molar-refractivity contribution is 5.90. The summed E-state index contributed by atoms with van der Waals surface area (Å²) in [6.07, 6.45) is 0.340. The summed E-state index contributed by atoms with van der Waals surface area (Å²) in [6, 6.07) is 8.80. The van der Waals surface area contributed by atoms with Crippen LogP contribution in [0.4, 0.5) is 5.69 Å². The second-order valence-electron chi connectivity index (χ2n) is 4.46.